The summed E-state index contributed by atoms with van der Waals surface area (Å²) in [4.78, 5) is 2.81. The van der Waals surface area contributed by atoms with Gasteiger partial charge in [0.25, 0.3) is 0 Å². The van der Waals surface area contributed by atoms with Gasteiger partial charge in [-0.25, -0.2) is 0 Å². The molecule has 3 unspecified atom stereocenters. The maximum atomic E-state index is 3.48. The molecule has 1 aliphatic carbocycles. The lowest BCUT2D eigenvalue weighted by Crippen LogP contribution is -2.53. The van der Waals surface area contributed by atoms with Gasteiger partial charge in [0.2, 0.25) is 0 Å². The molecule has 2 fully saturated rings. The first kappa shape index (κ1) is 14.3. The predicted octanol–water partition coefficient (Wildman–Crippen LogP) is 3.28. The molecule has 0 amide bonds. The normalized spacial score (nSPS) is 35.7. The fraction of sp³-hybridized carbons (Fsp3) is 1.00. The summed E-state index contributed by atoms with van der Waals surface area (Å²) in [6.45, 7) is 9.92. The summed E-state index contributed by atoms with van der Waals surface area (Å²) in [5, 5.41) is 3.48. The molecule has 1 saturated carbocycles. The van der Waals surface area contributed by atoms with Crippen LogP contribution in [0.1, 0.15) is 59.3 Å². The number of nitrogens with one attached hydrogen (secondary N) is 1. The average Bonchev–Trinajstić information content (AvgIpc) is 2.38. The van der Waals surface area contributed by atoms with Crippen molar-refractivity contribution in [2.75, 3.05) is 20.1 Å². The van der Waals surface area contributed by atoms with E-state index < -0.39 is 0 Å². The quantitative estimate of drug-likeness (QED) is 0.811. The Kier molecular flexibility index (Phi) is 4.71. The fourth-order valence-electron chi connectivity index (χ4n) is 4.10. The highest BCUT2D eigenvalue weighted by Gasteiger charge is 2.38. The molecule has 3 atom stereocenters. The van der Waals surface area contributed by atoms with E-state index in [1.807, 2.05) is 0 Å². The molecular weight excluding hydrogens is 220 g/mol. The number of piperidine rings is 1. The lowest BCUT2D eigenvalue weighted by Gasteiger charge is -2.48. The zero-order chi connectivity index (χ0) is 13.2. The Morgan fingerprint density at radius 3 is 2.39 bits per heavy atom. The zero-order valence-electron chi connectivity index (χ0n) is 12.8. The van der Waals surface area contributed by atoms with Crippen molar-refractivity contribution in [3.8, 4) is 0 Å². The third-order valence-electron chi connectivity index (χ3n) is 5.17. The van der Waals surface area contributed by atoms with Crippen LogP contribution in [0.5, 0.6) is 0 Å². The van der Waals surface area contributed by atoms with Gasteiger partial charge in [-0.3, -0.25) is 4.90 Å². The SMILES string of the molecule is CNC1CCCN(C2CCCCC2C(C)(C)C)C1. The summed E-state index contributed by atoms with van der Waals surface area (Å²) in [7, 11) is 2.12. The summed E-state index contributed by atoms with van der Waals surface area (Å²) < 4.78 is 0. The minimum Gasteiger partial charge on any atom is -0.316 e. The lowest BCUT2D eigenvalue weighted by molar-refractivity contribution is 0.0233. The second-order valence-corrected chi connectivity index (χ2v) is 7.45. The molecule has 2 aliphatic rings. The second kappa shape index (κ2) is 5.92. The summed E-state index contributed by atoms with van der Waals surface area (Å²) in [5.41, 5.74) is 0.470. The van der Waals surface area contributed by atoms with E-state index in [9.17, 15) is 0 Å². The molecule has 2 heteroatoms. The largest absolute Gasteiger partial charge is 0.316 e. The lowest BCUT2D eigenvalue weighted by atomic mass is 9.69. The van der Waals surface area contributed by atoms with Gasteiger partial charge < -0.3 is 5.32 Å². The Bertz CT molecular complexity index is 256. The first-order chi connectivity index (χ1) is 8.52. The Balaban J connectivity index is 2.04. The topological polar surface area (TPSA) is 15.3 Å². The van der Waals surface area contributed by atoms with Gasteiger partial charge >= 0.3 is 0 Å². The third kappa shape index (κ3) is 3.27. The number of hydrogen-bond donors (Lipinski definition) is 1. The molecule has 0 bridgehead atoms. The average molecular weight is 252 g/mol. The van der Waals surface area contributed by atoms with Crippen LogP contribution in [0, 0.1) is 11.3 Å². The molecule has 0 aromatic carbocycles. The van der Waals surface area contributed by atoms with Crippen molar-refractivity contribution in [1.29, 1.82) is 0 Å². The summed E-state index contributed by atoms with van der Waals surface area (Å²) in [6.07, 6.45) is 8.49. The monoisotopic (exact) mass is 252 g/mol. The van der Waals surface area contributed by atoms with Crippen LogP contribution in [0.15, 0.2) is 0 Å². The van der Waals surface area contributed by atoms with Crippen molar-refractivity contribution in [3.05, 3.63) is 0 Å². The summed E-state index contributed by atoms with van der Waals surface area (Å²) in [6, 6.07) is 1.57. The molecule has 1 aliphatic heterocycles. The first-order valence-corrected chi connectivity index (χ1v) is 7.93. The van der Waals surface area contributed by atoms with E-state index in [2.05, 4.69) is 38.0 Å². The Hall–Kier alpha value is -0.0800. The molecule has 2 rings (SSSR count). The molecule has 1 N–H and O–H groups in total. The molecule has 0 aromatic rings. The van der Waals surface area contributed by atoms with E-state index in [4.69, 9.17) is 0 Å². The smallest absolute Gasteiger partial charge is 0.0192 e. The van der Waals surface area contributed by atoms with Gasteiger partial charge in [-0.15, -0.1) is 0 Å². The van der Waals surface area contributed by atoms with E-state index in [-0.39, 0.29) is 0 Å². The highest BCUT2D eigenvalue weighted by molar-refractivity contribution is 4.92. The van der Waals surface area contributed by atoms with E-state index in [1.54, 1.807) is 0 Å². The Labute approximate surface area is 114 Å². The van der Waals surface area contributed by atoms with Gasteiger partial charge in [-0.05, 0) is 50.6 Å². The highest BCUT2D eigenvalue weighted by Crippen LogP contribution is 2.40. The van der Waals surface area contributed by atoms with Crippen LogP contribution in [0.2, 0.25) is 0 Å². The Morgan fingerprint density at radius 2 is 1.72 bits per heavy atom. The van der Waals surface area contributed by atoms with Crippen molar-refractivity contribution >= 4 is 0 Å². The van der Waals surface area contributed by atoms with Crippen LogP contribution in [0.3, 0.4) is 0 Å². The fourth-order valence-corrected chi connectivity index (χ4v) is 4.10. The van der Waals surface area contributed by atoms with Gasteiger partial charge in [0.1, 0.15) is 0 Å². The van der Waals surface area contributed by atoms with Crippen molar-refractivity contribution < 1.29 is 0 Å². The van der Waals surface area contributed by atoms with Gasteiger partial charge in [0.15, 0.2) is 0 Å². The van der Waals surface area contributed by atoms with Gasteiger partial charge in [0, 0.05) is 18.6 Å². The molecule has 18 heavy (non-hydrogen) atoms. The highest BCUT2D eigenvalue weighted by atomic mass is 15.2. The van der Waals surface area contributed by atoms with Crippen molar-refractivity contribution in [3.63, 3.8) is 0 Å². The van der Waals surface area contributed by atoms with Crippen molar-refractivity contribution in [2.45, 2.75) is 71.4 Å². The number of likely N-dealkylation sites (N-methyl/N-ethyl adjacent to an activating group) is 1. The maximum absolute atomic E-state index is 3.48. The van der Waals surface area contributed by atoms with E-state index in [0.29, 0.717) is 5.41 Å². The number of hydrogen-bond acceptors (Lipinski definition) is 2. The number of rotatable bonds is 2. The van der Waals surface area contributed by atoms with Crippen LogP contribution in [-0.4, -0.2) is 37.1 Å². The molecule has 0 aromatic heterocycles. The maximum Gasteiger partial charge on any atom is 0.0192 e. The van der Waals surface area contributed by atoms with Crippen LogP contribution >= 0.6 is 0 Å². The standard InChI is InChI=1S/C16H32N2/c1-16(2,3)14-9-5-6-10-15(14)18-11-7-8-13(12-18)17-4/h13-15,17H,5-12H2,1-4H3. The minimum absolute atomic E-state index is 0.470. The van der Waals surface area contributed by atoms with Gasteiger partial charge in [0.05, 0.1) is 0 Å². The molecule has 1 heterocycles. The van der Waals surface area contributed by atoms with Crippen LogP contribution in [0.4, 0.5) is 0 Å². The summed E-state index contributed by atoms with van der Waals surface area (Å²) >= 11 is 0. The molecule has 0 radical (unpaired) electrons. The predicted molar refractivity (Wildman–Crippen MR) is 78.9 cm³/mol. The van der Waals surface area contributed by atoms with E-state index >= 15 is 0 Å². The van der Waals surface area contributed by atoms with E-state index in [0.717, 1.165) is 18.0 Å². The van der Waals surface area contributed by atoms with Gasteiger partial charge in [-0.2, -0.15) is 0 Å². The van der Waals surface area contributed by atoms with E-state index in [1.165, 1.54) is 51.6 Å². The molecule has 2 nitrogen and oxygen atoms in total. The van der Waals surface area contributed by atoms with Gasteiger partial charge in [-0.1, -0.05) is 33.6 Å². The number of nitrogens with zero attached hydrogens (tertiary/aromatic N) is 1. The molecular formula is C16H32N2. The van der Waals surface area contributed by atoms with Crippen LogP contribution < -0.4 is 5.32 Å². The minimum atomic E-state index is 0.470. The van der Waals surface area contributed by atoms with Crippen LogP contribution in [-0.2, 0) is 0 Å². The second-order valence-electron chi connectivity index (χ2n) is 7.45. The van der Waals surface area contributed by atoms with Crippen LogP contribution in [0.25, 0.3) is 0 Å². The third-order valence-corrected chi connectivity index (χ3v) is 5.17. The molecule has 106 valence electrons. The molecule has 0 spiro atoms. The first-order valence-electron chi connectivity index (χ1n) is 7.93. The number of likely N-dealkylation sites (tertiary alicyclic amines) is 1. The zero-order valence-corrected chi connectivity index (χ0v) is 12.8. The Morgan fingerprint density at radius 1 is 1.00 bits per heavy atom. The van der Waals surface area contributed by atoms with Crippen molar-refractivity contribution in [1.82, 2.24) is 10.2 Å². The molecule has 1 saturated heterocycles. The van der Waals surface area contributed by atoms with Crippen molar-refractivity contribution in [2.24, 2.45) is 11.3 Å². The summed E-state index contributed by atoms with van der Waals surface area (Å²) in [5.74, 6) is 0.891.